The fraction of sp³-hybridized carbons (Fsp3) is 0.421. The topological polar surface area (TPSA) is 77.7 Å². The molecular formula is C19H24N4O3. The van der Waals surface area contributed by atoms with Crippen LogP contribution in [-0.2, 0) is 22.5 Å². The molecule has 7 nitrogen and oxygen atoms in total. The van der Waals surface area contributed by atoms with Crippen LogP contribution in [-0.4, -0.2) is 47.8 Å². The van der Waals surface area contributed by atoms with E-state index in [4.69, 9.17) is 9.57 Å². The highest BCUT2D eigenvalue weighted by atomic mass is 16.6. The third-order valence-electron chi connectivity index (χ3n) is 4.55. The lowest BCUT2D eigenvalue weighted by atomic mass is 9.94. The molecule has 0 saturated carbocycles. The van der Waals surface area contributed by atoms with Crippen LogP contribution in [0.1, 0.15) is 23.0 Å². The first-order valence-electron chi connectivity index (χ1n) is 8.74. The number of rotatable bonds is 8. The van der Waals surface area contributed by atoms with Gasteiger partial charge >= 0.3 is 0 Å². The summed E-state index contributed by atoms with van der Waals surface area (Å²) in [5, 5.41) is 11.2. The smallest absolute Gasteiger partial charge is 0.269 e. The number of ether oxygens (including phenoxy) is 1. The zero-order valence-corrected chi connectivity index (χ0v) is 15.1. The van der Waals surface area contributed by atoms with Gasteiger partial charge in [-0.15, -0.1) is 0 Å². The lowest BCUT2D eigenvalue weighted by molar-refractivity contribution is 0.0660. The first-order chi connectivity index (χ1) is 12.7. The Bertz CT molecular complexity index is 757. The number of oxime groups is 1. The number of nitrogens with one attached hydrogen (secondary N) is 1. The van der Waals surface area contributed by atoms with Gasteiger partial charge in [0.2, 0.25) is 0 Å². The fourth-order valence-corrected chi connectivity index (χ4v) is 2.92. The van der Waals surface area contributed by atoms with E-state index in [1.165, 1.54) is 5.56 Å². The highest BCUT2D eigenvalue weighted by Gasteiger charge is 2.30. The number of methoxy groups -OCH3 is 1. The Morgan fingerprint density at radius 3 is 2.88 bits per heavy atom. The maximum atomic E-state index is 12.4. The van der Waals surface area contributed by atoms with Crippen LogP contribution in [0.5, 0.6) is 0 Å². The lowest BCUT2D eigenvalue weighted by Crippen LogP contribution is -2.35. The molecule has 0 radical (unpaired) electrons. The molecular weight excluding hydrogens is 332 g/mol. The van der Waals surface area contributed by atoms with E-state index in [0.717, 1.165) is 12.1 Å². The summed E-state index contributed by atoms with van der Waals surface area (Å²) in [7, 11) is 1.62. The molecule has 0 bridgehead atoms. The second kappa shape index (κ2) is 8.62. The number of amides is 1. The molecule has 2 heterocycles. The van der Waals surface area contributed by atoms with Crippen LogP contribution in [0.2, 0.25) is 0 Å². The van der Waals surface area contributed by atoms with Crippen LogP contribution < -0.4 is 5.32 Å². The van der Waals surface area contributed by atoms with Crippen LogP contribution in [0.3, 0.4) is 0 Å². The molecule has 0 saturated heterocycles. The van der Waals surface area contributed by atoms with E-state index in [0.29, 0.717) is 25.4 Å². The number of benzene rings is 1. The molecule has 7 heteroatoms. The van der Waals surface area contributed by atoms with E-state index < -0.39 is 0 Å². The summed E-state index contributed by atoms with van der Waals surface area (Å²) in [6, 6.07) is 11.9. The summed E-state index contributed by atoms with van der Waals surface area (Å²) >= 11 is 0. The van der Waals surface area contributed by atoms with E-state index in [9.17, 15) is 4.79 Å². The molecule has 1 aromatic heterocycles. The maximum absolute atomic E-state index is 12.4. The number of hydrogen-bond donors (Lipinski definition) is 1. The minimum atomic E-state index is -0.181. The molecule has 1 N–H and O–H groups in total. The quantitative estimate of drug-likeness (QED) is 0.784. The lowest BCUT2D eigenvalue weighted by Gasteiger charge is -2.15. The van der Waals surface area contributed by atoms with Crippen molar-refractivity contribution in [3.05, 3.63) is 53.9 Å². The Kier molecular flexibility index (Phi) is 6.01. The maximum Gasteiger partial charge on any atom is 0.269 e. The van der Waals surface area contributed by atoms with E-state index in [1.54, 1.807) is 24.1 Å². The van der Waals surface area contributed by atoms with Crippen molar-refractivity contribution in [3.63, 3.8) is 0 Å². The van der Waals surface area contributed by atoms with Crippen molar-refractivity contribution < 1.29 is 14.4 Å². The monoisotopic (exact) mass is 356 g/mol. The summed E-state index contributed by atoms with van der Waals surface area (Å²) in [5.41, 5.74) is 2.57. The van der Waals surface area contributed by atoms with Gasteiger partial charge in [0, 0.05) is 25.6 Å². The van der Waals surface area contributed by atoms with Crippen LogP contribution in [0.15, 0.2) is 47.8 Å². The molecule has 2 atom stereocenters. The number of nitrogens with zero attached hydrogens (tertiary/aromatic N) is 3. The standard InChI is InChI=1S/C19H24N4O3/c1-14-16(22-26-18(14)12-15-6-4-3-5-7-15)13-20-19(24)17-8-9-21-23(17)10-11-25-2/h3-9,14,18H,10-13H2,1-2H3,(H,20,24). The Morgan fingerprint density at radius 1 is 1.31 bits per heavy atom. The Morgan fingerprint density at radius 2 is 2.12 bits per heavy atom. The number of hydrogen-bond acceptors (Lipinski definition) is 5. The van der Waals surface area contributed by atoms with Gasteiger partial charge in [-0.3, -0.25) is 9.48 Å². The highest BCUT2D eigenvalue weighted by Crippen LogP contribution is 2.21. The fourth-order valence-electron chi connectivity index (χ4n) is 2.92. The third-order valence-corrected chi connectivity index (χ3v) is 4.55. The molecule has 0 aliphatic carbocycles. The summed E-state index contributed by atoms with van der Waals surface area (Å²) in [4.78, 5) is 18.0. The molecule has 2 unspecified atom stereocenters. The van der Waals surface area contributed by atoms with Gasteiger partial charge in [0.1, 0.15) is 11.8 Å². The SMILES string of the molecule is COCCn1nccc1C(=O)NCC1=NOC(Cc2ccccc2)C1C. The molecule has 0 spiro atoms. The van der Waals surface area contributed by atoms with Crippen molar-refractivity contribution in [3.8, 4) is 0 Å². The first-order valence-corrected chi connectivity index (χ1v) is 8.74. The average Bonchev–Trinajstić information content (AvgIpc) is 3.26. The molecule has 1 aliphatic rings. The van der Waals surface area contributed by atoms with E-state index in [1.807, 2.05) is 18.2 Å². The van der Waals surface area contributed by atoms with Gasteiger partial charge in [0.15, 0.2) is 0 Å². The molecule has 2 aromatic rings. The van der Waals surface area contributed by atoms with Crippen LogP contribution in [0, 0.1) is 5.92 Å². The van der Waals surface area contributed by atoms with Gasteiger partial charge in [-0.1, -0.05) is 42.4 Å². The summed E-state index contributed by atoms with van der Waals surface area (Å²) in [5.74, 6) is -0.0334. The minimum Gasteiger partial charge on any atom is -0.391 e. The summed E-state index contributed by atoms with van der Waals surface area (Å²) in [6.45, 7) is 3.47. The number of carbonyl (C=O) groups is 1. The summed E-state index contributed by atoms with van der Waals surface area (Å²) < 4.78 is 6.67. The van der Waals surface area contributed by atoms with Crippen LogP contribution in [0.25, 0.3) is 0 Å². The number of carbonyl (C=O) groups excluding carboxylic acids is 1. The number of aromatic nitrogens is 2. The van der Waals surface area contributed by atoms with Gasteiger partial charge in [0.05, 0.1) is 25.4 Å². The molecule has 1 aliphatic heterocycles. The second-order valence-corrected chi connectivity index (χ2v) is 6.32. The molecule has 1 aromatic carbocycles. The Labute approximate surface area is 153 Å². The van der Waals surface area contributed by atoms with Gasteiger partial charge in [-0.05, 0) is 11.6 Å². The molecule has 138 valence electrons. The van der Waals surface area contributed by atoms with Crippen molar-refractivity contribution in [1.82, 2.24) is 15.1 Å². The molecule has 26 heavy (non-hydrogen) atoms. The van der Waals surface area contributed by atoms with Gasteiger partial charge in [0.25, 0.3) is 5.91 Å². The van der Waals surface area contributed by atoms with Crippen molar-refractivity contribution >= 4 is 11.6 Å². The molecule has 1 amide bonds. The molecule has 0 fully saturated rings. The normalized spacial score (nSPS) is 19.1. The Hall–Kier alpha value is -2.67. The van der Waals surface area contributed by atoms with Crippen molar-refractivity contribution in [2.24, 2.45) is 11.1 Å². The highest BCUT2D eigenvalue weighted by molar-refractivity contribution is 5.97. The first kappa shape index (κ1) is 18.1. The van der Waals surface area contributed by atoms with Crippen LogP contribution >= 0.6 is 0 Å². The van der Waals surface area contributed by atoms with E-state index >= 15 is 0 Å². The average molecular weight is 356 g/mol. The van der Waals surface area contributed by atoms with Crippen LogP contribution in [0.4, 0.5) is 0 Å². The van der Waals surface area contributed by atoms with Crippen molar-refractivity contribution in [2.45, 2.75) is 26.0 Å². The van der Waals surface area contributed by atoms with Gasteiger partial charge in [-0.25, -0.2) is 0 Å². The minimum absolute atomic E-state index is 0.00321. The predicted molar refractivity (Wildman–Crippen MR) is 98.1 cm³/mol. The molecule has 3 rings (SSSR count). The van der Waals surface area contributed by atoms with Crippen molar-refractivity contribution in [2.75, 3.05) is 20.3 Å². The second-order valence-electron chi connectivity index (χ2n) is 6.32. The summed E-state index contributed by atoms with van der Waals surface area (Å²) in [6.07, 6.45) is 2.41. The largest absolute Gasteiger partial charge is 0.391 e. The third kappa shape index (κ3) is 4.29. The van der Waals surface area contributed by atoms with Gasteiger partial charge < -0.3 is 14.9 Å². The Balaban J connectivity index is 1.52. The zero-order chi connectivity index (χ0) is 18.4. The zero-order valence-electron chi connectivity index (χ0n) is 15.1. The van der Waals surface area contributed by atoms with E-state index in [-0.39, 0.29) is 17.9 Å². The van der Waals surface area contributed by atoms with E-state index in [2.05, 4.69) is 34.6 Å². The predicted octanol–water partition coefficient (Wildman–Crippen LogP) is 1.89. The van der Waals surface area contributed by atoms with Crippen molar-refractivity contribution in [1.29, 1.82) is 0 Å². The van der Waals surface area contributed by atoms with Gasteiger partial charge in [-0.2, -0.15) is 5.10 Å².